The molecule has 1 saturated heterocycles. The van der Waals surface area contributed by atoms with Crippen LogP contribution in [0.4, 0.5) is 0 Å². The maximum Gasteiger partial charge on any atom is 0.251 e. The summed E-state index contributed by atoms with van der Waals surface area (Å²) in [6, 6.07) is 7.40. The van der Waals surface area contributed by atoms with Crippen molar-refractivity contribution in [1.29, 1.82) is 0 Å². The molecule has 2 heterocycles. The lowest BCUT2D eigenvalue weighted by molar-refractivity contribution is -0.0760. The highest BCUT2D eigenvalue weighted by atomic mass is 16.5. The van der Waals surface area contributed by atoms with Crippen LogP contribution in [0.1, 0.15) is 53.5 Å². The number of ether oxygens (including phenoxy) is 2. The van der Waals surface area contributed by atoms with Crippen molar-refractivity contribution in [3.63, 3.8) is 0 Å². The Bertz CT molecular complexity index is 740. The molecule has 2 aromatic rings. The highest BCUT2D eigenvalue weighted by Crippen LogP contribution is 2.32. The van der Waals surface area contributed by atoms with Crippen LogP contribution in [0.2, 0.25) is 0 Å². The minimum absolute atomic E-state index is 0.130. The second kappa shape index (κ2) is 8.38. The van der Waals surface area contributed by atoms with E-state index in [2.05, 4.69) is 15.3 Å². The summed E-state index contributed by atoms with van der Waals surface area (Å²) in [5.41, 5.74) is 2.03. The van der Waals surface area contributed by atoms with E-state index in [1.165, 1.54) is 0 Å². The van der Waals surface area contributed by atoms with Gasteiger partial charge < -0.3 is 14.8 Å². The number of aromatic nitrogens is 2. The van der Waals surface area contributed by atoms with Gasteiger partial charge in [-0.3, -0.25) is 4.79 Å². The topological polar surface area (TPSA) is 73.3 Å². The van der Waals surface area contributed by atoms with Crippen LogP contribution < -0.4 is 5.32 Å². The first-order chi connectivity index (χ1) is 12.6. The van der Waals surface area contributed by atoms with Gasteiger partial charge in [0.1, 0.15) is 5.60 Å². The lowest BCUT2D eigenvalue weighted by atomic mass is 9.95. The summed E-state index contributed by atoms with van der Waals surface area (Å²) in [7, 11) is 1.63. The highest BCUT2D eigenvalue weighted by Gasteiger charge is 2.32. The fourth-order valence-corrected chi connectivity index (χ4v) is 3.08. The van der Waals surface area contributed by atoms with Gasteiger partial charge in [-0.1, -0.05) is 12.1 Å². The van der Waals surface area contributed by atoms with Gasteiger partial charge in [-0.15, -0.1) is 0 Å². The van der Waals surface area contributed by atoms with E-state index in [0.29, 0.717) is 24.5 Å². The van der Waals surface area contributed by atoms with Crippen LogP contribution in [0.15, 0.2) is 36.7 Å². The molecule has 26 heavy (non-hydrogen) atoms. The van der Waals surface area contributed by atoms with Crippen molar-refractivity contribution >= 4 is 5.91 Å². The molecule has 1 atom stereocenters. The Hall–Kier alpha value is -2.31. The fraction of sp³-hybridized carbons (Fsp3) is 0.450. The fourth-order valence-electron chi connectivity index (χ4n) is 3.08. The molecule has 1 amide bonds. The van der Waals surface area contributed by atoms with Gasteiger partial charge in [0, 0.05) is 43.8 Å². The lowest BCUT2D eigenvalue weighted by Crippen LogP contribution is -2.32. The number of carbonyl (C=O) groups excluding carboxylic acids is 1. The molecule has 0 radical (unpaired) electrons. The number of nitrogens with one attached hydrogen (secondary N) is 1. The van der Waals surface area contributed by atoms with Gasteiger partial charge in [0.25, 0.3) is 5.91 Å². The molecule has 1 aliphatic heterocycles. The van der Waals surface area contributed by atoms with Gasteiger partial charge in [0.05, 0.1) is 6.61 Å². The van der Waals surface area contributed by atoms with Crippen molar-refractivity contribution in [3.05, 3.63) is 59.2 Å². The molecule has 6 nitrogen and oxygen atoms in total. The summed E-state index contributed by atoms with van der Waals surface area (Å²) in [6.07, 6.45) is 6.66. The normalized spacial score (nSPS) is 19.9. The Morgan fingerprint density at radius 2 is 2.08 bits per heavy atom. The van der Waals surface area contributed by atoms with Crippen LogP contribution >= 0.6 is 0 Å². The minimum Gasteiger partial charge on any atom is -0.380 e. The molecule has 0 spiro atoms. The van der Waals surface area contributed by atoms with Crippen LogP contribution in [-0.2, 0) is 28.2 Å². The third kappa shape index (κ3) is 4.45. The number of hydrogen-bond acceptors (Lipinski definition) is 5. The summed E-state index contributed by atoms with van der Waals surface area (Å²) in [5, 5.41) is 2.90. The number of carbonyl (C=O) groups is 1. The maximum absolute atomic E-state index is 12.3. The Kier molecular flexibility index (Phi) is 5.96. The van der Waals surface area contributed by atoms with E-state index in [1.54, 1.807) is 25.6 Å². The zero-order valence-electron chi connectivity index (χ0n) is 15.3. The smallest absolute Gasteiger partial charge is 0.251 e. The van der Waals surface area contributed by atoms with Crippen LogP contribution in [-0.4, -0.2) is 29.6 Å². The number of nitrogens with zero attached hydrogens (tertiary/aromatic N) is 2. The molecular weight excluding hydrogens is 330 g/mol. The summed E-state index contributed by atoms with van der Waals surface area (Å²) >= 11 is 0. The lowest BCUT2D eigenvalue weighted by Gasteiger charge is -2.32. The first-order valence-electron chi connectivity index (χ1n) is 8.92. The molecule has 1 N–H and O–H groups in total. The van der Waals surface area contributed by atoms with E-state index in [9.17, 15) is 4.79 Å². The molecule has 1 fully saturated rings. The van der Waals surface area contributed by atoms with E-state index in [1.807, 2.05) is 25.1 Å². The second-order valence-corrected chi connectivity index (χ2v) is 6.77. The van der Waals surface area contributed by atoms with Gasteiger partial charge in [-0.05, 0) is 43.9 Å². The average Bonchev–Trinajstić information content (AvgIpc) is 2.67. The third-order valence-electron chi connectivity index (χ3n) is 4.60. The van der Waals surface area contributed by atoms with Gasteiger partial charge in [0.15, 0.2) is 5.82 Å². The molecule has 1 aliphatic rings. The number of benzene rings is 1. The monoisotopic (exact) mass is 355 g/mol. The Morgan fingerprint density at radius 3 is 2.77 bits per heavy atom. The van der Waals surface area contributed by atoms with Crippen molar-refractivity contribution in [2.45, 2.75) is 44.9 Å². The molecule has 3 rings (SSSR count). The largest absolute Gasteiger partial charge is 0.380 e. The zero-order valence-corrected chi connectivity index (χ0v) is 15.3. The van der Waals surface area contributed by atoms with Crippen LogP contribution in [0, 0.1) is 0 Å². The average molecular weight is 355 g/mol. The maximum atomic E-state index is 12.3. The molecule has 1 aromatic carbocycles. The Morgan fingerprint density at radius 1 is 1.27 bits per heavy atom. The molecular formula is C20H25N3O3. The summed E-state index contributed by atoms with van der Waals surface area (Å²) < 4.78 is 11.0. The summed E-state index contributed by atoms with van der Waals surface area (Å²) in [5.74, 6) is 0.578. The van der Waals surface area contributed by atoms with Gasteiger partial charge in [-0.2, -0.15) is 0 Å². The quantitative estimate of drug-likeness (QED) is 0.862. The van der Waals surface area contributed by atoms with Crippen molar-refractivity contribution < 1.29 is 14.3 Å². The standard InChI is InChI=1S/C20H25N3O3/c1-20(8-3-4-9-26-20)19-22-12-16(13-23-19)11-21-18(24)17-7-5-6-15(10-17)14-25-2/h5-7,10,12-13H,3-4,8-9,11,14H2,1-2H3,(H,21,24)/t20-/m0/s1. The second-order valence-electron chi connectivity index (χ2n) is 6.77. The molecule has 0 saturated carbocycles. The van der Waals surface area contributed by atoms with Crippen molar-refractivity contribution in [3.8, 4) is 0 Å². The highest BCUT2D eigenvalue weighted by molar-refractivity contribution is 5.94. The van der Waals surface area contributed by atoms with E-state index in [4.69, 9.17) is 9.47 Å². The van der Waals surface area contributed by atoms with Gasteiger partial charge >= 0.3 is 0 Å². The van der Waals surface area contributed by atoms with Crippen molar-refractivity contribution in [2.75, 3.05) is 13.7 Å². The number of hydrogen-bond donors (Lipinski definition) is 1. The van der Waals surface area contributed by atoms with E-state index < -0.39 is 5.60 Å². The summed E-state index contributed by atoms with van der Waals surface area (Å²) in [6.45, 7) is 3.65. The molecule has 0 aliphatic carbocycles. The Labute approximate surface area is 154 Å². The Balaban J connectivity index is 1.59. The van der Waals surface area contributed by atoms with E-state index in [0.717, 1.165) is 37.0 Å². The predicted octanol–water partition coefficient (Wildman–Crippen LogP) is 2.97. The van der Waals surface area contributed by atoms with E-state index >= 15 is 0 Å². The molecule has 0 unspecified atom stereocenters. The predicted molar refractivity (Wildman–Crippen MR) is 97.5 cm³/mol. The molecule has 1 aromatic heterocycles. The third-order valence-corrected chi connectivity index (χ3v) is 4.60. The number of amides is 1. The minimum atomic E-state index is -0.401. The first-order valence-corrected chi connectivity index (χ1v) is 8.92. The van der Waals surface area contributed by atoms with Crippen LogP contribution in [0.25, 0.3) is 0 Å². The van der Waals surface area contributed by atoms with Gasteiger partial charge in [-0.25, -0.2) is 9.97 Å². The zero-order chi connectivity index (χ0) is 18.4. The van der Waals surface area contributed by atoms with Crippen LogP contribution in [0.5, 0.6) is 0 Å². The van der Waals surface area contributed by atoms with Gasteiger partial charge in [0.2, 0.25) is 0 Å². The number of methoxy groups -OCH3 is 1. The summed E-state index contributed by atoms with van der Waals surface area (Å²) in [4.78, 5) is 21.2. The molecule has 6 heteroatoms. The molecule has 0 bridgehead atoms. The van der Waals surface area contributed by atoms with E-state index in [-0.39, 0.29) is 5.91 Å². The van der Waals surface area contributed by atoms with Crippen LogP contribution in [0.3, 0.4) is 0 Å². The van der Waals surface area contributed by atoms with Crippen molar-refractivity contribution in [2.24, 2.45) is 0 Å². The SMILES string of the molecule is COCc1cccc(C(=O)NCc2cnc([C@]3(C)CCCCO3)nc2)c1. The first kappa shape index (κ1) is 18.5. The number of rotatable bonds is 6. The van der Waals surface area contributed by atoms with Crippen molar-refractivity contribution in [1.82, 2.24) is 15.3 Å². The molecule has 138 valence electrons.